The number of halogens is 2. The molecule has 0 aliphatic heterocycles. The largest absolute Gasteiger partial charge is 0.319 e. The third-order valence-corrected chi connectivity index (χ3v) is 3.64. The molecule has 1 aromatic rings. The number of nitrogens with one attached hydrogen (secondary N) is 1. The van der Waals surface area contributed by atoms with E-state index in [1.807, 2.05) is 13.1 Å². The van der Waals surface area contributed by atoms with E-state index in [1.54, 1.807) is 0 Å². The average Bonchev–Trinajstić information content (AvgIpc) is 2.20. The maximum Gasteiger partial charge on any atom is 0.124 e. The Balaban J connectivity index is 2.77. The van der Waals surface area contributed by atoms with E-state index in [0.717, 1.165) is 17.4 Å². The molecule has 0 aromatic heterocycles. The van der Waals surface area contributed by atoms with Crippen molar-refractivity contribution in [3.8, 4) is 0 Å². The molecule has 1 atom stereocenters. The zero-order valence-corrected chi connectivity index (χ0v) is 11.6. The highest BCUT2D eigenvalue weighted by Gasteiger charge is 2.14. The summed E-state index contributed by atoms with van der Waals surface area (Å²) in [7, 11) is 1.97. The standard InChI is InChI=1S/C13H19BrFN/c1-9(2)11(8-16-3)6-10-4-5-12(15)7-13(10)14/h4-5,7,9,11,16H,6,8H2,1-3H3. The molecule has 0 spiro atoms. The lowest BCUT2D eigenvalue weighted by Gasteiger charge is -2.21. The molecular formula is C13H19BrFN. The Bertz CT molecular complexity index is 339. The second kappa shape index (κ2) is 6.36. The van der Waals surface area contributed by atoms with Crippen LogP contribution < -0.4 is 5.32 Å². The summed E-state index contributed by atoms with van der Waals surface area (Å²) in [5.74, 6) is 1.00. The highest BCUT2D eigenvalue weighted by atomic mass is 79.9. The van der Waals surface area contributed by atoms with Gasteiger partial charge in [-0.3, -0.25) is 0 Å². The Morgan fingerprint density at radius 3 is 2.56 bits per heavy atom. The molecule has 0 aliphatic carbocycles. The van der Waals surface area contributed by atoms with Crippen LogP contribution in [0.15, 0.2) is 22.7 Å². The fourth-order valence-electron chi connectivity index (χ4n) is 1.78. The Kier molecular flexibility index (Phi) is 5.42. The van der Waals surface area contributed by atoms with E-state index in [-0.39, 0.29) is 5.82 Å². The second-order valence-electron chi connectivity index (χ2n) is 4.50. The lowest BCUT2D eigenvalue weighted by Crippen LogP contribution is -2.25. The molecule has 1 unspecified atom stereocenters. The summed E-state index contributed by atoms with van der Waals surface area (Å²) >= 11 is 3.42. The lowest BCUT2D eigenvalue weighted by molar-refractivity contribution is 0.370. The van der Waals surface area contributed by atoms with Gasteiger partial charge in [0.25, 0.3) is 0 Å². The minimum absolute atomic E-state index is 0.190. The summed E-state index contributed by atoms with van der Waals surface area (Å²) < 4.78 is 13.8. The molecule has 3 heteroatoms. The smallest absolute Gasteiger partial charge is 0.124 e. The monoisotopic (exact) mass is 287 g/mol. The first kappa shape index (κ1) is 13.7. The molecule has 0 radical (unpaired) electrons. The Morgan fingerprint density at radius 1 is 1.38 bits per heavy atom. The van der Waals surface area contributed by atoms with Crippen LogP contribution in [0.2, 0.25) is 0 Å². The van der Waals surface area contributed by atoms with Crippen LogP contribution in [0.5, 0.6) is 0 Å². The molecule has 1 rings (SSSR count). The summed E-state index contributed by atoms with van der Waals surface area (Å²) in [6.45, 7) is 5.43. The van der Waals surface area contributed by atoms with Crippen LogP contribution in [0.4, 0.5) is 4.39 Å². The topological polar surface area (TPSA) is 12.0 Å². The number of benzene rings is 1. The quantitative estimate of drug-likeness (QED) is 0.872. The van der Waals surface area contributed by atoms with Gasteiger partial charge in [0.05, 0.1) is 0 Å². The first-order chi connectivity index (χ1) is 7.54. The van der Waals surface area contributed by atoms with Gasteiger partial charge in [-0.1, -0.05) is 35.8 Å². The Morgan fingerprint density at radius 2 is 2.06 bits per heavy atom. The van der Waals surface area contributed by atoms with Gasteiger partial charge >= 0.3 is 0 Å². The first-order valence-electron chi connectivity index (χ1n) is 5.63. The Hall–Kier alpha value is -0.410. The summed E-state index contributed by atoms with van der Waals surface area (Å²) in [6, 6.07) is 4.92. The van der Waals surface area contributed by atoms with E-state index >= 15 is 0 Å². The van der Waals surface area contributed by atoms with Crippen LogP contribution in [-0.2, 0) is 6.42 Å². The molecule has 1 N–H and O–H groups in total. The lowest BCUT2D eigenvalue weighted by atomic mass is 9.89. The molecule has 0 aliphatic rings. The van der Waals surface area contributed by atoms with Crippen LogP contribution in [0, 0.1) is 17.7 Å². The van der Waals surface area contributed by atoms with Crippen molar-refractivity contribution in [3.05, 3.63) is 34.1 Å². The van der Waals surface area contributed by atoms with Crippen molar-refractivity contribution in [2.45, 2.75) is 20.3 Å². The predicted octanol–water partition coefficient (Wildman–Crippen LogP) is 3.62. The Labute approximate surface area is 106 Å². The molecule has 0 amide bonds. The first-order valence-corrected chi connectivity index (χ1v) is 6.42. The molecule has 90 valence electrons. The van der Waals surface area contributed by atoms with E-state index in [1.165, 1.54) is 17.7 Å². The summed E-state index contributed by atoms with van der Waals surface area (Å²) in [6.07, 6.45) is 0.972. The number of hydrogen-bond donors (Lipinski definition) is 1. The molecule has 0 saturated carbocycles. The van der Waals surface area contributed by atoms with Crippen molar-refractivity contribution < 1.29 is 4.39 Å². The summed E-state index contributed by atoms with van der Waals surface area (Å²) in [5, 5.41) is 3.21. The summed E-state index contributed by atoms with van der Waals surface area (Å²) in [5.41, 5.74) is 1.18. The second-order valence-corrected chi connectivity index (χ2v) is 5.36. The van der Waals surface area contributed by atoms with Crippen LogP contribution in [0.3, 0.4) is 0 Å². The minimum Gasteiger partial charge on any atom is -0.319 e. The number of rotatable bonds is 5. The molecule has 0 fully saturated rings. The van der Waals surface area contributed by atoms with Crippen LogP contribution >= 0.6 is 15.9 Å². The van der Waals surface area contributed by atoms with Gasteiger partial charge in [0, 0.05) is 4.47 Å². The van der Waals surface area contributed by atoms with Crippen molar-refractivity contribution in [2.24, 2.45) is 11.8 Å². The zero-order chi connectivity index (χ0) is 12.1. The minimum atomic E-state index is -0.190. The predicted molar refractivity (Wildman–Crippen MR) is 70.1 cm³/mol. The molecule has 1 nitrogen and oxygen atoms in total. The van der Waals surface area contributed by atoms with E-state index in [0.29, 0.717) is 11.8 Å². The van der Waals surface area contributed by atoms with Crippen molar-refractivity contribution >= 4 is 15.9 Å². The van der Waals surface area contributed by atoms with Gasteiger partial charge in [0.15, 0.2) is 0 Å². The van der Waals surface area contributed by atoms with Gasteiger partial charge in [0.1, 0.15) is 5.82 Å². The van der Waals surface area contributed by atoms with Gasteiger partial charge < -0.3 is 5.32 Å². The third kappa shape index (κ3) is 3.87. The maximum absolute atomic E-state index is 12.9. The SMILES string of the molecule is CNCC(Cc1ccc(F)cc1Br)C(C)C. The maximum atomic E-state index is 12.9. The van der Waals surface area contributed by atoms with E-state index in [2.05, 4.69) is 35.1 Å². The van der Waals surface area contributed by atoms with Crippen molar-refractivity contribution in [3.63, 3.8) is 0 Å². The van der Waals surface area contributed by atoms with Gasteiger partial charge in [-0.2, -0.15) is 0 Å². The van der Waals surface area contributed by atoms with E-state index in [4.69, 9.17) is 0 Å². The average molecular weight is 288 g/mol. The number of hydrogen-bond acceptors (Lipinski definition) is 1. The van der Waals surface area contributed by atoms with Crippen LogP contribution in [0.25, 0.3) is 0 Å². The van der Waals surface area contributed by atoms with E-state index < -0.39 is 0 Å². The fraction of sp³-hybridized carbons (Fsp3) is 0.538. The molecule has 1 aromatic carbocycles. The fourth-order valence-corrected chi connectivity index (χ4v) is 2.29. The molecule has 0 bridgehead atoms. The normalized spacial score (nSPS) is 13.1. The summed E-state index contributed by atoms with van der Waals surface area (Å²) in [4.78, 5) is 0. The molecule has 0 saturated heterocycles. The van der Waals surface area contributed by atoms with Crippen LogP contribution in [-0.4, -0.2) is 13.6 Å². The van der Waals surface area contributed by atoms with Crippen molar-refractivity contribution in [1.29, 1.82) is 0 Å². The molecule has 0 heterocycles. The van der Waals surface area contributed by atoms with Crippen LogP contribution in [0.1, 0.15) is 19.4 Å². The van der Waals surface area contributed by atoms with E-state index in [9.17, 15) is 4.39 Å². The molecular weight excluding hydrogens is 269 g/mol. The van der Waals surface area contributed by atoms with Gasteiger partial charge in [0.2, 0.25) is 0 Å². The molecule has 16 heavy (non-hydrogen) atoms. The van der Waals surface area contributed by atoms with Gasteiger partial charge in [-0.25, -0.2) is 4.39 Å². The van der Waals surface area contributed by atoms with Gasteiger partial charge in [-0.05, 0) is 49.5 Å². The third-order valence-electron chi connectivity index (χ3n) is 2.91. The van der Waals surface area contributed by atoms with Crippen molar-refractivity contribution in [2.75, 3.05) is 13.6 Å². The van der Waals surface area contributed by atoms with Crippen molar-refractivity contribution in [1.82, 2.24) is 5.32 Å². The zero-order valence-electron chi connectivity index (χ0n) is 10.1. The highest BCUT2D eigenvalue weighted by Crippen LogP contribution is 2.23. The highest BCUT2D eigenvalue weighted by molar-refractivity contribution is 9.10. The van der Waals surface area contributed by atoms with Gasteiger partial charge in [-0.15, -0.1) is 0 Å².